The van der Waals surface area contributed by atoms with Crippen LogP contribution in [-0.4, -0.2) is 17.0 Å². The van der Waals surface area contributed by atoms with Crippen molar-refractivity contribution in [2.75, 3.05) is 0 Å². The lowest BCUT2D eigenvalue weighted by Gasteiger charge is -2.15. The molecule has 1 amide bonds. The topological polar surface area (TPSA) is 66.4 Å². The zero-order valence-corrected chi connectivity index (χ0v) is 9.28. The van der Waals surface area contributed by atoms with E-state index in [0.717, 1.165) is 19.1 Å². The fraction of sp³-hybridized carbons (Fsp3) is 0.273. The molecular formula is C11H10F3NO3. The van der Waals surface area contributed by atoms with Crippen LogP contribution in [0.15, 0.2) is 24.3 Å². The predicted octanol–water partition coefficient (Wildman–Crippen LogP) is 1.97. The van der Waals surface area contributed by atoms with Crippen LogP contribution in [0, 0.1) is 0 Å². The zero-order chi connectivity index (χ0) is 13.9. The number of hydrogen-bond donors (Lipinski definition) is 2. The number of carbonyl (C=O) groups excluding carboxylic acids is 1. The first-order chi connectivity index (χ1) is 8.21. The molecule has 0 radical (unpaired) electrons. The molecule has 0 aromatic heterocycles. The van der Waals surface area contributed by atoms with E-state index in [4.69, 9.17) is 5.11 Å². The standard InChI is InChI=1S/C11H10F3NO3/c1-6(16)15-9(10(17)18)7-3-2-4-8(5-7)11(12,13)14/h2-5,9H,1H3,(H,15,16)(H,17,18). The van der Waals surface area contributed by atoms with Crippen LogP contribution in [0.2, 0.25) is 0 Å². The maximum atomic E-state index is 12.5. The first kappa shape index (κ1) is 14.0. The summed E-state index contributed by atoms with van der Waals surface area (Å²) in [5.74, 6) is -2.07. The number of halogens is 3. The third-order valence-corrected chi connectivity index (χ3v) is 2.14. The number of carboxylic acids is 1. The molecular weight excluding hydrogens is 251 g/mol. The van der Waals surface area contributed by atoms with Crippen LogP contribution in [-0.2, 0) is 15.8 Å². The molecule has 1 unspecified atom stereocenters. The van der Waals surface area contributed by atoms with E-state index < -0.39 is 29.7 Å². The Balaban J connectivity index is 3.13. The van der Waals surface area contributed by atoms with Gasteiger partial charge in [-0.05, 0) is 17.7 Å². The molecule has 0 bridgehead atoms. The second-order valence-corrected chi connectivity index (χ2v) is 3.59. The van der Waals surface area contributed by atoms with Gasteiger partial charge in [-0.1, -0.05) is 12.1 Å². The van der Waals surface area contributed by atoms with Gasteiger partial charge in [-0.25, -0.2) is 4.79 Å². The molecule has 0 saturated heterocycles. The molecule has 0 saturated carbocycles. The van der Waals surface area contributed by atoms with Gasteiger partial charge in [0, 0.05) is 6.92 Å². The Morgan fingerprint density at radius 3 is 2.39 bits per heavy atom. The fourth-order valence-electron chi connectivity index (χ4n) is 1.39. The summed E-state index contributed by atoms with van der Waals surface area (Å²) in [5, 5.41) is 10.9. The number of benzene rings is 1. The average molecular weight is 261 g/mol. The molecule has 1 rings (SSSR count). The van der Waals surface area contributed by atoms with Gasteiger partial charge in [-0.15, -0.1) is 0 Å². The Morgan fingerprint density at radius 2 is 1.94 bits per heavy atom. The van der Waals surface area contributed by atoms with Crippen molar-refractivity contribution in [3.05, 3.63) is 35.4 Å². The van der Waals surface area contributed by atoms with Crippen molar-refractivity contribution in [2.24, 2.45) is 0 Å². The van der Waals surface area contributed by atoms with Gasteiger partial charge < -0.3 is 10.4 Å². The van der Waals surface area contributed by atoms with Crippen LogP contribution in [0.3, 0.4) is 0 Å². The second kappa shape index (κ2) is 5.07. The van der Waals surface area contributed by atoms with E-state index in [2.05, 4.69) is 5.32 Å². The van der Waals surface area contributed by atoms with Crippen molar-refractivity contribution in [3.8, 4) is 0 Å². The van der Waals surface area contributed by atoms with E-state index in [-0.39, 0.29) is 5.56 Å². The number of aliphatic carboxylic acids is 1. The lowest BCUT2D eigenvalue weighted by Crippen LogP contribution is -2.32. The summed E-state index contributed by atoms with van der Waals surface area (Å²) in [6, 6.07) is 2.34. The molecule has 0 aliphatic rings. The van der Waals surface area contributed by atoms with Crippen LogP contribution in [0.5, 0.6) is 0 Å². The molecule has 7 heteroatoms. The van der Waals surface area contributed by atoms with Crippen LogP contribution in [0.1, 0.15) is 24.1 Å². The minimum atomic E-state index is -4.56. The zero-order valence-electron chi connectivity index (χ0n) is 9.28. The molecule has 1 atom stereocenters. The third kappa shape index (κ3) is 3.47. The summed E-state index contributed by atoms with van der Waals surface area (Å²) >= 11 is 0. The molecule has 98 valence electrons. The molecule has 0 aliphatic heterocycles. The Hall–Kier alpha value is -2.05. The highest BCUT2D eigenvalue weighted by molar-refractivity contribution is 5.83. The number of alkyl halides is 3. The lowest BCUT2D eigenvalue weighted by atomic mass is 10.0. The second-order valence-electron chi connectivity index (χ2n) is 3.59. The van der Waals surface area contributed by atoms with Crippen LogP contribution in [0.4, 0.5) is 13.2 Å². The smallest absolute Gasteiger partial charge is 0.416 e. The van der Waals surface area contributed by atoms with Crippen molar-refractivity contribution in [1.29, 1.82) is 0 Å². The molecule has 2 N–H and O–H groups in total. The van der Waals surface area contributed by atoms with E-state index in [9.17, 15) is 22.8 Å². The third-order valence-electron chi connectivity index (χ3n) is 2.14. The molecule has 0 aliphatic carbocycles. The van der Waals surface area contributed by atoms with Gasteiger partial charge in [0.2, 0.25) is 5.91 Å². The largest absolute Gasteiger partial charge is 0.479 e. The minimum absolute atomic E-state index is 0.132. The molecule has 0 fully saturated rings. The Labute approximate surface area is 100 Å². The van der Waals surface area contributed by atoms with E-state index in [1.165, 1.54) is 6.07 Å². The number of rotatable bonds is 3. The van der Waals surface area contributed by atoms with Crippen molar-refractivity contribution >= 4 is 11.9 Å². The minimum Gasteiger partial charge on any atom is -0.479 e. The first-order valence-electron chi connectivity index (χ1n) is 4.89. The highest BCUT2D eigenvalue weighted by Gasteiger charge is 2.32. The molecule has 4 nitrogen and oxygen atoms in total. The van der Waals surface area contributed by atoms with E-state index >= 15 is 0 Å². The molecule has 1 aromatic rings. The number of carbonyl (C=O) groups is 2. The Bertz CT molecular complexity index is 471. The summed E-state index contributed by atoms with van der Waals surface area (Å²) < 4.78 is 37.4. The highest BCUT2D eigenvalue weighted by atomic mass is 19.4. The van der Waals surface area contributed by atoms with Gasteiger partial charge in [0.05, 0.1) is 5.56 Å². The number of carboxylic acid groups (broad SMARTS) is 1. The maximum Gasteiger partial charge on any atom is 0.416 e. The maximum absolute atomic E-state index is 12.5. The monoisotopic (exact) mass is 261 g/mol. The van der Waals surface area contributed by atoms with E-state index in [1.54, 1.807) is 0 Å². The molecule has 0 spiro atoms. The van der Waals surface area contributed by atoms with Gasteiger partial charge in [0.15, 0.2) is 6.04 Å². The number of nitrogens with one attached hydrogen (secondary N) is 1. The van der Waals surface area contributed by atoms with Gasteiger partial charge in [-0.2, -0.15) is 13.2 Å². The molecule has 0 heterocycles. The molecule has 1 aromatic carbocycles. The summed E-state index contributed by atoms with van der Waals surface area (Å²) in [4.78, 5) is 21.7. The van der Waals surface area contributed by atoms with E-state index in [0.29, 0.717) is 6.07 Å². The normalized spacial score (nSPS) is 12.9. The first-order valence-corrected chi connectivity index (χ1v) is 4.89. The van der Waals surface area contributed by atoms with E-state index in [1.807, 2.05) is 0 Å². The van der Waals surface area contributed by atoms with Gasteiger partial charge >= 0.3 is 12.1 Å². The lowest BCUT2D eigenvalue weighted by molar-refractivity contribution is -0.142. The van der Waals surface area contributed by atoms with Crippen molar-refractivity contribution in [1.82, 2.24) is 5.32 Å². The SMILES string of the molecule is CC(=O)NC(C(=O)O)c1cccc(C(F)(F)F)c1. The summed E-state index contributed by atoms with van der Waals surface area (Å²) in [6.45, 7) is 1.09. The van der Waals surface area contributed by atoms with Crippen LogP contribution >= 0.6 is 0 Å². The number of amides is 1. The average Bonchev–Trinajstić information content (AvgIpc) is 2.24. The van der Waals surface area contributed by atoms with Gasteiger partial charge in [-0.3, -0.25) is 4.79 Å². The van der Waals surface area contributed by atoms with Crippen molar-refractivity contribution in [2.45, 2.75) is 19.1 Å². The van der Waals surface area contributed by atoms with Crippen LogP contribution in [0.25, 0.3) is 0 Å². The van der Waals surface area contributed by atoms with Crippen molar-refractivity contribution < 1.29 is 27.9 Å². The summed E-state index contributed by atoms with van der Waals surface area (Å²) in [7, 11) is 0. The Kier molecular flexibility index (Phi) is 3.95. The summed E-state index contributed by atoms with van der Waals surface area (Å²) in [5.41, 5.74) is -1.09. The van der Waals surface area contributed by atoms with Crippen LogP contribution < -0.4 is 5.32 Å². The van der Waals surface area contributed by atoms with Gasteiger partial charge in [0.25, 0.3) is 0 Å². The molecule has 18 heavy (non-hydrogen) atoms. The number of hydrogen-bond acceptors (Lipinski definition) is 2. The highest BCUT2D eigenvalue weighted by Crippen LogP contribution is 2.30. The Morgan fingerprint density at radius 1 is 1.33 bits per heavy atom. The predicted molar refractivity (Wildman–Crippen MR) is 55.6 cm³/mol. The quantitative estimate of drug-likeness (QED) is 0.874. The fourth-order valence-corrected chi connectivity index (χ4v) is 1.39. The summed E-state index contributed by atoms with van der Waals surface area (Å²) in [6.07, 6.45) is -4.56. The van der Waals surface area contributed by atoms with Gasteiger partial charge in [0.1, 0.15) is 0 Å². The van der Waals surface area contributed by atoms with Crippen molar-refractivity contribution in [3.63, 3.8) is 0 Å².